The number of hydrogen-bond acceptors (Lipinski definition) is 6. The summed E-state index contributed by atoms with van der Waals surface area (Å²) in [6.07, 6.45) is 1.52. The van der Waals surface area contributed by atoms with Gasteiger partial charge in [-0.2, -0.15) is 16.3 Å². The van der Waals surface area contributed by atoms with Gasteiger partial charge in [0, 0.05) is 23.9 Å². The van der Waals surface area contributed by atoms with Crippen LogP contribution in [-0.4, -0.2) is 22.6 Å². The van der Waals surface area contributed by atoms with Gasteiger partial charge in [0.05, 0.1) is 17.9 Å². The highest BCUT2D eigenvalue weighted by Crippen LogP contribution is 2.29. The Hall–Kier alpha value is -2.67. The maximum absolute atomic E-state index is 12.0. The molecule has 0 unspecified atom stereocenters. The van der Waals surface area contributed by atoms with E-state index in [1.165, 1.54) is 0 Å². The molecule has 0 radical (unpaired) electrons. The Morgan fingerprint density at radius 1 is 1.29 bits per heavy atom. The van der Waals surface area contributed by atoms with Gasteiger partial charge in [-0.05, 0) is 30.0 Å². The summed E-state index contributed by atoms with van der Waals surface area (Å²) in [6.45, 7) is 1.18. The van der Waals surface area contributed by atoms with E-state index in [1.54, 1.807) is 11.3 Å². The molecular weight excluding hydrogens is 324 g/mol. The van der Waals surface area contributed by atoms with E-state index in [9.17, 15) is 4.79 Å². The molecule has 0 bridgehead atoms. The Bertz CT molecular complexity index is 844. The SMILES string of the molecule is O=C1CCCN1c1ccccc1NCc1nc(-c2ccsc2)no1. The fourth-order valence-corrected chi connectivity index (χ4v) is 3.40. The van der Waals surface area contributed by atoms with Crippen molar-refractivity contribution < 1.29 is 9.32 Å². The van der Waals surface area contributed by atoms with Gasteiger partial charge < -0.3 is 14.7 Å². The van der Waals surface area contributed by atoms with Gasteiger partial charge in [-0.15, -0.1) is 0 Å². The fourth-order valence-electron chi connectivity index (χ4n) is 2.77. The molecule has 4 rings (SSSR count). The van der Waals surface area contributed by atoms with Crippen LogP contribution in [0.4, 0.5) is 11.4 Å². The van der Waals surface area contributed by atoms with Gasteiger partial charge in [-0.1, -0.05) is 17.3 Å². The van der Waals surface area contributed by atoms with Gasteiger partial charge >= 0.3 is 0 Å². The molecule has 6 nitrogen and oxygen atoms in total. The number of thiophene rings is 1. The number of carbonyl (C=O) groups is 1. The van der Waals surface area contributed by atoms with Gasteiger partial charge in [0.2, 0.25) is 17.6 Å². The molecule has 3 aromatic rings. The van der Waals surface area contributed by atoms with Crippen LogP contribution in [0.1, 0.15) is 18.7 Å². The molecule has 1 saturated heterocycles. The molecule has 7 heteroatoms. The lowest BCUT2D eigenvalue weighted by molar-refractivity contribution is -0.117. The summed E-state index contributed by atoms with van der Waals surface area (Å²) >= 11 is 1.60. The largest absolute Gasteiger partial charge is 0.374 e. The Labute approximate surface area is 143 Å². The summed E-state index contributed by atoms with van der Waals surface area (Å²) in [7, 11) is 0. The first-order valence-electron chi connectivity index (χ1n) is 7.80. The van der Waals surface area contributed by atoms with Gasteiger partial charge in [-0.3, -0.25) is 4.79 Å². The molecule has 1 aliphatic rings. The van der Waals surface area contributed by atoms with Crippen LogP contribution < -0.4 is 10.2 Å². The molecule has 0 aliphatic carbocycles. The van der Waals surface area contributed by atoms with Crippen LogP contribution in [0, 0.1) is 0 Å². The molecule has 1 aromatic carbocycles. The van der Waals surface area contributed by atoms with Crippen LogP contribution in [0.5, 0.6) is 0 Å². The van der Waals surface area contributed by atoms with E-state index < -0.39 is 0 Å². The summed E-state index contributed by atoms with van der Waals surface area (Å²) in [4.78, 5) is 18.2. The topological polar surface area (TPSA) is 71.3 Å². The van der Waals surface area contributed by atoms with Crippen molar-refractivity contribution in [3.05, 3.63) is 47.0 Å². The first-order valence-corrected chi connectivity index (χ1v) is 8.74. The molecule has 1 amide bonds. The third kappa shape index (κ3) is 2.90. The standard InChI is InChI=1S/C17H16N4O2S/c22-16-6-3-8-21(16)14-5-2-1-4-13(14)18-10-15-19-17(20-23-15)12-7-9-24-11-12/h1-2,4-5,7,9,11,18H,3,6,8,10H2. The Balaban J connectivity index is 1.49. The van der Waals surface area contributed by atoms with Crippen LogP contribution in [0.2, 0.25) is 0 Å². The molecule has 24 heavy (non-hydrogen) atoms. The average Bonchev–Trinajstić information content (AvgIpc) is 3.34. The third-order valence-corrected chi connectivity index (χ3v) is 4.63. The molecular formula is C17H16N4O2S. The van der Waals surface area contributed by atoms with Crippen LogP contribution in [0.15, 0.2) is 45.6 Å². The second kappa shape index (κ2) is 6.45. The van der Waals surface area contributed by atoms with Crippen molar-refractivity contribution >= 4 is 28.6 Å². The number of amides is 1. The zero-order chi connectivity index (χ0) is 16.4. The first kappa shape index (κ1) is 14.9. The highest BCUT2D eigenvalue weighted by molar-refractivity contribution is 7.08. The first-order chi connectivity index (χ1) is 11.8. The Morgan fingerprint density at radius 3 is 3.00 bits per heavy atom. The molecule has 1 fully saturated rings. The quantitative estimate of drug-likeness (QED) is 0.769. The molecule has 3 heterocycles. The van der Waals surface area contributed by atoms with Crippen LogP contribution >= 0.6 is 11.3 Å². The number of nitrogens with one attached hydrogen (secondary N) is 1. The molecule has 122 valence electrons. The Morgan fingerprint density at radius 2 is 2.21 bits per heavy atom. The number of nitrogens with zero attached hydrogens (tertiary/aromatic N) is 3. The molecule has 0 spiro atoms. The van der Waals surface area contributed by atoms with E-state index in [2.05, 4.69) is 15.5 Å². The number of hydrogen-bond donors (Lipinski definition) is 1. The van der Waals surface area contributed by atoms with E-state index >= 15 is 0 Å². The van der Waals surface area contributed by atoms with Crippen molar-refractivity contribution in [1.82, 2.24) is 10.1 Å². The maximum Gasteiger partial charge on any atom is 0.246 e. The van der Waals surface area contributed by atoms with E-state index in [0.717, 1.165) is 29.9 Å². The van der Waals surface area contributed by atoms with Crippen LogP contribution in [-0.2, 0) is 11.3 Å². The minimum atomic E-state index is 0.168. The molecule has 0 atom stereocenters. The number of aromatic nitrogens is 2. The number of rotatable bonds is 5. The van der Waals surface area contributed by atoms with E-state index in [-0.39, 0.29) is 5.91 Å². The normalized spacial score (nSPS) is 14.3. The number of benzene rings is 1. The second-order valence-electron chi connectivity index (χ2n) is 5.54. The van der Waals surface area contributed by atoms with Crippen molar-refractivity contribution in [2.45, 2.75) is 19.4 Å². The highest BCUT2D eigenvalue weighted by atomic mass is 32.1. The molecule has 0 saturated carbocycles. The minimum absolute atomic E-state index is 0.168. The molecule has 1 N–H and O–H groups in total. The summed E-state index contributed by atoms with van der Waals surface area (Å²) in [5.74, 6) is 1.27. The molecule has 2 aromatic heterocycles. The second-order valence-corrected chi connectivity index (χ2v) is 6.32. The smallest absolute Gasteiger partial charge is 0.246 e. The third-order valence-electron chi connectivity index (χ3n) is 3.95. The zero-order valence-electron chi connectivity index (χ0n) is 12.9. The predicted octanol–water partition coefficient (Wildman–Crippen LogP) is 3.54. The fraction of sp³-hybridized carbons (Fsp3) is 0.235. The minimum Gasteiger partial charge on any atom is -0.374 e. The van der Waals surface area contributed by atoms with E-state index in [4.69, 9.17) is 4.52 Å². The van der Waals surface area contributed by atoms with Gasteiger partial charge in [-0.25, -0.2) is 0 Å². The summed E-state index contributed by atoms with van der Waals surface area (Å²) in [6, 6.07) is 9.75. The predicted molar refractivity (Wildman–Crippen MR) is 93.0 cm³/mol. The number of anilines is 2. The van der Waals surface area contributed by atoms with Gasteiger partial charge in [0.15, 0.2) is 0 Å². The van der Waals surface area contributed by atoms with Crippen molar-refractivity contribution in [3.8, 4) is 11.4 Å². The summed E-state index contributed by atoms with van der Waals surface area (Å²) in [5, 5.41) is 11.3. The lowest BCUT2D eigenvalue weighted by Gasteiger charge is -2.19. The van der Waals surface area contributed by atoms with Crippen LogP contribution in [0.25, 0.3) is 11.4 Å². The van der Waals surface area contributed by atoms with Crippen molar-refractivity contribution in [2.24, 2.45) is 0 Å². The maximum atomic E-state index is 12.0. The zero-order valence-corrected chi connectivity index (χ0v) is 13.8. The van der Waals surface area contributed by atoms with E-state index in [0.29, 0.717) is 24.7 Å². The van der Waals surface area contributed by atoms with E-state index in [1.807, 2.05) is 46.0 Å². The number of carbonyl (C=O) groups excluding carboxylic acids is 1. The molecule has 1 aliphatic heterocycles. The van der Waals surface area contributed by atoms with Gasteiger partial charge in [0.25, 0.3) is 0 Å². The van der Waals surface area contributed by atoms with Crippen molar-refractivity contribution in [2.75, 3.05) is 16.8 Å². The van der Waals surface area contributed by atoms with Crippen molar-refractivity contribution in [1.29, 1.82) is 0 Å². The highest BCUT2D eigenvalue weighted by Gasteiger charge is 2.23. The summed E-state index contributed by atoms with van der Waals surface area (Å²) in [5.41, 5.74) is 2.75. The lowest BCUT2D eigenvalue weighted by atomic mass is 10.2. The summed E-state index contributed by atoms with van der Waals surface area (Å²) < 4.78 is 5.30. The van der Waals surface area contributed by atoms with Crippen LogP contribution in [0.3, 0.4) is 0 Å². The monoisotopic (exact) mass is 340 g/mol. The Kier molecular flexibility index (Phi) is 4.00. The average molecular weight is 340 g/mol. The van der Waals surface area contributed by atoms with Gasteiger partial charge in [0.1, 0.15) is 0 Å². The lowest BCUT2D eigenvalue weighted by Crippen LogP contribution is -2.24. The number of para-hydroxylation sites is 2. The van der Waals surface area contributed by atoms with Crippen molar-refractivity contribution in [3.63, 3.8) is 0 Å².